The Labute approximate surface area is 137 Å². The maximum atomic E-state index is 12.9. The highest BCUT2D eigenvalue weighted by atomic mass is 16.2. The molecule has 0 radical (unpaired) electrons. The van der Waals surface area contributed by atoms with E-state index in [4.69, 9.17) is 0 Å². The van der Waals surface area contributed by atoms with Gasteiger partial charge in [-0.2, -0.15) is 5.10 Å². The predicted molar refractivity (Wildman–Crippen MR) is 86.6 cm³/mol. The van der Waals surface area contributed by atoms with E-state index in [2.05, 4.69) is 20.3 Å². The first-order chi connectivity index (χ1) is 11.3. The van der Waals surface area contributed by atoms with Crippen molar-refractivity contribution in [2.24, 2.45) is 11.8 Å². The normalized spacial score (nSPS) is 34.3. The highest BCUT2D eigenvalue weighted by molar-refractivity contribution is 5.82. The van der Waals surface area contributed by atoms with Crippen molar-refractivity contribution < 1.29 is 4.79 Å². The summed E-state index contributed by atoms with van der Waals surface area (Å²) in [6, 6.07) is 0.654. The zero-order chi connectivity index (χ0) is 15.6. The number of likely N-dealkylation sites (tertiary alicyclic amines) is 1. The molecule has 1 aromatic rings. The van der Waals surface area contributed by atoms with Crippen LogP contribution in [0.3, 0.4) is 0 Å². The van der Waals surface area contributed by atoms with Crippen LogP contribution < -0.4 is 5.32 Å². The minimum atomic E-state index is 0.0632. The molecule has 1 saturated carbocycles. The molecular formula is C17H27N5O. The Balaban J connectivity index is 1.34. The van der Waals surface area contributed by atoms with Gasteiger partial charge in [-0.1, -0.05) is 12.8 Å². The molecule has 4 rings (SSSR count). The van der Waals surface area contributed by atoms with Crippen LogP contribution in [0, 0.1) is 11.8 Å². The van der Waals surface area contributed by atoms with Crippen LogP contribution in [-0.2, 0) is 11.3 Å². The largest absolute Gasteiger partial charge is 0.341 e. The first kappa shape index (κ1) is 15.1. The third-order valence-electron chi connectivity index (χ3n) is 5.90. The lowest BCUT2D eigenvalue weighted by atomic mass is 9.85. The molecule has 6 heteroatoms. The third kappa shape index (κ3) is 3.27. The number of amides is 1. The third-order valence-corrected chi connectivity index (χ3v) is 5.90. The topological polar surface area (TPSA) is 63.1 Å². The van der Waals surface area contributed by atoms with Gasteiger partial charge in [0.1, 0.15) is 12.7 Å². The first-order valence-electron chi connectivity index (χ1n) is 9.17. The molecule has 1 aromatic heterocycles. The van der Waals surface area contributed by atoms with Gasteiger partial charge in [-0.3, -0.25) is 9.48 Å². The van der Waals surface area contributed by atoms with Gasteiger partial charge in [-0.15, -0.1) is 0 Å². The Bertz CT molecular complexity index is 517. The summed E-state index contributed by atoms with van der Waals surface area (Å²) >= 11 is 0. The average molecular weight is 317 g/mol. The number of hydrogen-bond acceptors (Lipinski definition) is 4. The monoisotopic (exact) mass is 317 g/mol. The van der Waals surface area contributed by atoms with E-state index < -0.39 is 0 Å². The molecule has 6 nitrogen and oxygen atoms in total. The van der Waals surface area contributed by atoms with Gasteiger partial charge in [0.25, 0.3) is 0 Å². The number of rotatable bonds is 3. The average Bonchev–Trinajstić information content (AvgIpc) is 3.23. The molecule has 1 N–H and O–H groups in total. The summed E-state index contributed by atoms with van der Waals surface area (Å²) in [6.07, 6.45) is 11.9. The van der Waals surface area contributed by atoms with E-state index >= 15 is 0 Å². The second-order valence-corrected chi connectivity index (χ2v) is 7.52. The lowest BCUT2D eigenvalue weighted by Crippen LogP contribution is -2.49. The highest BCUT2D eigenvalue weighted by Crippen LogP contribution is 2.34. The highest BCUT2D eigenvalue weighted by Gasteiger charge is 2.40. The van der Waals surface area contributed by atoms with E-state index in [1.807, 2.05) is 4.68 Å². The Kier molecular flexibility index (Phi) is 4.33. The number of aromatic nitrogens is 3. The van der Waals surface area contributed by atoms with Gasteiger partial charge in [-0.05, 0) is 43.9 Å². The Morgan fingerprint density at radius 3 is 2.96 bits per heavy atom. The van der Waals surface area contributed by atoms with Crippen molar-refractivity contribution in [1.82, 2.24) is 25.0 Å². The van der Waals surface area contributed by atoms with E-state index in [1.165, 1.54) is 32.1 Å². The van der Waals surface area contributed by atoms with E-state index in [0.29, 0.717) is 17.9 Å². The minimum absolute atomic E-state index is 0.0632. The standard InChI is InChI=1S/C17H27N5O/c23-17(16-8-14-5-1-2-6-15(14)20-16)21-7-3-4-13(9-21)10-22-12-18-11-19-22/h11-16,20H,1-10H2/t13-,14+,15-,16+/m1/s1. The van der Waals surface area contributed by atoms with Crippen molar-refractivity contribution in [3.8, 4) is 0 Å². The van der Waals surface area contributed by atoms with Crippen LogP contribution in [-0.4, -0.2) is 50.7 Å². The van der Waals surface area contributed by atoms with Crippen LogP contribution in [0.25, 0.3) is 0 Å². The quantitative estimate of drug-likeness (QED) is 0.916. The summed E-state index contributed by atoms with van der Waals surface area (Å²) in [5.41, 5.74) is 0. The van der Waals surface area contributed by atoms with Gasteiger partial charge in [0, 0.05) is 25.7 Å². The molecule has 3 heterocycles. The maximum absolute atomic E-state index is 12.9. The molecular weight excluding hydrogens is 290 g/mol. The van der Waals surface area contributed by atoms with Crippen LogP contribution in [0.5, 0.6) is 0 Å². The van der Waals surface area contributed by atoms with Crippen LogP contribution in [0.4, 0.5) is 0 Å². The molecule has 0 aromatic carbocycles. The SMILES string of the molecule is O=C([C@@H]1C[C@@H]2CCCC[C@H]2N1)N1CCC[C@@H](Cn2cncn2)C1. The van der Waals surface area contributed by atoms with E-state index in [9.17, 15) is 4.79 Å². The zero-order valence-corrected chi connectivity index (χ0v) is 13.7. The molecule has 0 bridgehead atoms. The van der Waals surface area contributed by atoms with Crippen LogP contribution >= 0.6 is 0 Å². The minimum Gasteiger partial charge on any atom is -0.341 e. The van der Waals surface area contributed by atoms with Crippen molar-refractivity contribution in [3.63, 3.8) is 0 Å². The fraction of sp³-hybridized carbons (Fsp3) is 0.824. The molecule has 23 heavy (non-hydrogen) atoms. The van der Waals surface area contributed by atoms with Gasteiger partial charge < -0.3 is 10.2 Å². The number of hydrogen-bond donors (Lipinski definition) is 1. The van der Waals surface area contributed by atoms with Gasteiger partial charge in [-0.25, -0.2) is 4.98 Å². The van der Waals surface area contributed by atoms with Crippen molar-refractivity contribution in [1.29, 1.82) is 0 Å². The van der Waals surface area contributed by atoms with Crippen LogP contribution in [0.15, 0.2) is 12.7 Å². The zero-order valence-electron chi connectivity index (χ0n) is 13.7. The van der Waals surface area contributed by atoms with E-state index in [1.54, 1.807) is 12.7 Å². The second-order valence-electron chi connectivity index (χ2n) is 7.52. The van der Waals surface area contributed by atoms with Gasteiger partial charge in [0.2, 0.25) is 5.91 Å². The predicted octanol–water partition coefficient (Wildman–Crippen LogP) is 1.44. The van der Waals surface area contributed by atoms with E-state index in [0.717, 1.165) is 38.4 Å². The molecule has 0 spiro atoms. The fourth-order valence-electron chi connectivity index (χ4n) is 4.74. The number of piperidine rings is 1. The molecule has 2 aliphatic heterocycles. The van der Waals surface area contributed by atoms with Crippen molar-refractivity contribution in [3.05, 3.63) is 12.7 Å². The Hall–Kier alpha value is -1.43. The summed E-state index contributed by atoms with van der Waals surface area (Å²) in [5, 5.41) is 7.83. The fourth-order valence-corrected chi connectivity index (χ4v) is 4.74. The van der Waals surface area contributed by atoms with Gasteiger partial charge >= 0.3 is 0 Å². The lowest BCUT2D eigenvalue weighted by molar-refractivity contribution is -0.135. The number of nitrogens with zero attached hydrogens (tertiary/aromatic N) is 4. The molecule has 126 valence electrons. The van der Waals surface area contributed by atoms with Gasteiger partial charge in [0.05, 0.1) is 6.04 Å². The van der Waals surface area contributed by atoms with E-state index in [-0.39, 0.29) is 6.04 Å². The molecule has 2 saturated heterocycles. The number of fused-ring (bicyclic) bond motifs is 1. The number of carbonyl (C=O) groups excluding carboxylic acids is 1. The Morgan fingerprint density at radius 1 is 1.22 bits per heavy atom. The van der Waals surface area contributed by atoms with Gasteiger partial charge in [0.15, 0.2) is 0 Å². The summed E-state index contributed by atoms with van der Waals surface area (Å²) in [6.45, 7) is 2.65. The summed E-state index contributed by atoms with van der Waals surface area (Å²) in [5.74, 6) is 1.56. The molecule has 3 aliphatic rings. The molecule has 0 unspecified atom stereocenters. The summed E-state index contributed by atoms with van der Waals surface area (Å²) < 4.78 is 1.89. The van der Waals surface area contributed by atoms with Crippen molar-refractivity contribution in [2.45, 2.75) is 63.6 Å². The summed E-state index contributed by atoms with van der Waals surface area (Å²) in [4.78, 5) is 19.0. The lowest BCUT2D eigenvalue weighted by Gasteiger charge is -2.34. The van der Waals surface area contributed by atoms with Crippen molar-refractivity contribution >= 4 is 5.91 Å². The molecule has 1 amide bonds. The smallest absolute Gasteiger partial charge is 0.239 e. The second kappa shape index (κ2) is 6.59. The molecule has 1 aliphatic carbocycles. The molecule has 3 fully saturated rings. The first-order valence-corrected chi connectivity index (χ1v) is 9.17. The number of carbonyl (C=O) groups is 1. The number of nitrogens with one attached hydrogen (secondary N) is 1. The summed E-state index contributed by atoms with van der Waals surface area (Å²) in [7, 11) is 0. The van der Waals surface area contributed by atoms with Crippen molar-refractivity contribution in [2.75, 3.05) is 13.1 Å². The van der Waals surface area contributed by atoms with Crippen LogP contribution in [0.2, 0.25) is 0 Å². The Morgan fingerprint density at radius 2 is 2.13 bits per heavy atom. The maximum Gasteiger partial charge on any atom is 0.239 e. The van der Waals surface area contributed by atoms with Crippen LogP contribution in [0.1, 0.15) is 44.9 Å². The molecule has 4 atom stereocenters.